The molecule has 0 atom stereocenters. The van der Waals surface area contributed by atoms with E-state index in [0.717, 1.165) is 6.26 Å². The Morgan fingerprint density at radius 1 is 1.04 bits per heavy atom. The van der Waals surface area contributed by atoms with Gasteiger partial charge in [0.1, 0.15) is 12.4 Å². The summed E-state index contributed by atoms with van der Waals surface area (Å²) < 4.78 is 35.1. The number of ether oxygens (including phenoxy) is 2. The predicted octanol–water partition coefficient (Wildman–Crippen LogP) is 1.41. The van der Waals surface area contributed by atoms with Gasteiger partial charge in [-0.1, -0.05) is 24.3 Å². The molecule has 0 radical (unpaired) electrons. The highest BCUT2D eigenvalue weighted by Crippen LogP contribution is 2.13. The summed E-state index contributed by atoms with van der Waals surface area (Å²) >= 11 is 0. The standard InChI is InChI=1S/C18H20N2O6S/c1-27(23,24)20-15-7-5-6-14(12-15)18(22)26-13-17(21)19-10-11-25-16-8-3-2-4-9-16/h2-9,12,20H,10-11,13H2,1H3,(H,19,21). The van der Waals surface area contributed by atoms with Crippen LogP contribution in [0.3, 0.4) is 0 Å². The number of anilines is 1. The molecule has 0 fully saturated rings. The van der Waals surface area contributed by atoms with Crippen molar-refractivity contribution < 1.29 is 27.5 Å². The summed E-state index contributed by atoms with van der Waals surface area (Å²) in [6.45, 7) is 0.0931. The highest BCUT2D eigenvalue weighted by Gasteiger charge is 2.11. The van der Waals surface area contributed by atoms with E-state index in [9.17, 15) is 18.0 Å². The molecule has 0 heterocycles. The van der Waals surface area contributed by atoms with Gasteiger partial charge < -0.3 is 14.8 Å². The summed E-state index contributed by atoms with van der Waals surface area (Å²) in [5.74, 6) is -0.506. The zero-order valence-electron chi connectivity index (χ0n) is 14.7. The van der Waals surface area contributed by atoms with Gasteiger partial charge in [0.05, 0.1) is 18.4 Å². The molecule has 27 heavy (non-hydrogen) atoms. The lowest BCUT2D eigenvalue weighted by molar-refractivity contribution is -0.124. The van der Waals surface area contributed by atoms with E-state index in [0.29, 0.717) is 5.75 Å². The van der Waals surface area contributed by atoms with Crippen molar-refractivity contribution >= 4 is 27.6 Å². The number of sulfonamides is 1. The second kappa shape index (κ2) is 9.58. The van der Waals surface area contributed by atoms with Crippen LogP contribution in [0.1, 0.15) is 10.4 Å². The molecule has 0 aliphatic heterocycles. The normalized spacial score (nSPS) is 10.7. The number of nitrogens with one attached hydrogen (secondary N) is 2. The van der Waals surface area contributed by atoms with E-state index in [1.807, 2.05) is 18.2 Å². The summed E-state index contributed by atoms with van der Waals surface area (Å²) in [5.41, 5.74) is 0.360. The molecule has 0 aliphatic carbocycles. The van der Waals surface area contributed by atoms with Crippen LogP contribution in [-0.4, -0.2) is 46.3 Å². The number of rotatable bonds is 9. The average molecular weight is 392 g/mol. The maximum absolute atomic E-state index is 12.0. The summed E-state index contributed by atoms with van der Waals surface area (Å²) in [4.78, 5) is 23.7. The Bertz CT molecular complexity index is 884. The molecule has 8 nitrogen and oxygen atoms in total. The molecule has 0 aromatic heterocycles. The number of benzene rings is 2. The molecule has 0 saturated heterocycles. The smallest absolute Gasteiger partial charge is 0.338 e. The molecule has 0 spiro atoms. The second-order valence-electron chi connectivity index (χ2n) is 5.54. The van der Waals surface area contributed by atoms with Crippen molar-refractivity contribution in [3.63, 3.8) is 0 Å². The second-order valence-corrected chi connectivity index (χ2v) is 7.29. The number of para-hydroxylation sites is 1. The monoisotopic (exact) mass is 392 g/mol. The summed E-state index contributed by atoms with van der Waals surface area (Å²) in [6, 6.07) is 14.9. The van der Waals surface area contributed by atoms with Crippen LogP contribution < -0.4 is 14.8 Å². The first-order valence-corrected chi connectivity index (χ1v) is 9.92. The Morgan fingerprint density at radius 2 is 1.78 bits per heavy atom. The van der Waals surface area contributed by atoms with Crippen molar-refractivity contribution in [3.8, 4) is 5.75 Å². The minimum atomic E-state index is -3.46. The molecule has 0 aliphatic rings. The molecule has 9 heteroatoms. The van der Waals surface area contributed by atoms with E-state index in [1.54, 1.807) is 12.1 Å². The predicted molar refractivity (Wildman–Crippen MR) is 100 cm³/mol. The Hall–Kier alpha value is -3.07. The fraction of sp³-hybridized carbons (Fsp3) is 0.222. The fourth-order valence-corrected chi connectivity index (χ4v) is 2.62. The first kappa shape index (κ1) is 20.2. The Kier molecular flexibility index (Phi) is 7.18. The van der Waals surface area contributed by atoms with Crippen LogP contribution in [0.15, 0.2) is 54.6 Å². The third-order valence-corrected chi connectivity index (χ3v) is 3.78. The van der Waals surface area contributed by atoms with Gasteiger partial charge in [0.25, 0.3) is 5.91 Å². The zero-order valence-corrected chi connectivity index (χ0v) is 15.5. The van der Waals surface area contributed by atoms with Crippen molar-refractivity contribution in [1.29, 1.82) is 0 Å². The summed E-state index contributed by atoms with van der Waals surface area (Å²) in [5, 5.41) is 2.57. The molecular weight excluding hydrogens is 372 g/mol. The highest BCUT2D eigenvalue weighted by atomic mass is 32.2. The van der Waals surface area contributed by atoms with Gasteiger partial charge >= 0.3 is 5.97 Å². The van der Waals surface area contributed by atoms with Crippen molar-refractivity contribution in [1.82, 2.24) is 5.32 Å². The number of hydrogen-bond acceptors (Lipinski definition) is 6. The van der Waals surface area contributed by atoms with Crippen LogP contribution in [0.2, 0.25) is 0 Å². The van der Waals surface area contributed by atoms with Crippen molar-refractivity contribution in [3.05, 3.63) is 60.2 Å². The van der Waals surface area contributed by atoms with Gasteiger partial charge in [-0.15, -0.1) is 0 Å². The van der Waals surface area contributed by atoms with Crippen LogP contribution in [0.25, 0.3) is 0 Å². The molecule has 2 rings (SSSR count). The van der Waals surface area contributed by atoms with Crippen LogP contribution >= 0.6 is 0 Å². The maximum atomic E-state index is 12.0. The van der Waals surface area contributed by atoms with Gasteiger partial charge in [-0.25, -0.2) is 13.2 Å². The summed E-state index contributed by atoms with van der Waals surface area (Å²) in [7, 11) is -3.46. The molecule has 2 aromatic rings. The first-order chi connectivity index (χ1) is 12.8. The van der Waals surface area contributed by atoms with Crippen LogP contribution in [-0.2, 0) is 19.6 Å². The molecule has 2 aromatic carbocycles. The van der Waals surface area contributed by atoms with Gasteiger partial charge in [-0.3, -0.25) is 9.52 Å². The molecule has 2 N–H and O–H groups in total. The number of carbonyl (C=O) groups is 2. The SMILES string of the molecule is CS(=O)(=O)Nc1cccc(C(=O)OCC(=O)NCCOc2ccccc2)c1. The van der Waals surface area contributed by atoms with E-state index in [1.165, 1.54) is 24.3 Å². The van der Waals surface area contributed by atoms with E-state index >= 15 is 0 Å². The first-order valence-electron chi connectivity index (χ1n) is 8.03. The quantitative estimate of drug-likeness (QED) is 0.493. The van der Waals surface area contributed by atoms with Gasteiger partial charge in [0.2, 0.25) is 10.0 Å². The summed E-state index contributed by atoms with van der Waals surface area (Å²) in [6.07, 6.45) is 1.00. The van der Waals surface area contributed by atoms with E-state index in [-0.39, 0.29) is 24.4 Å². The van der Waals surface area contributed by atoms with Crippen LogP contribution in [0.4, 0.5) is 5.69 Å². The number of amides is 1. The lowest BCUT2D eigenvalue weighted by Gasteiger charge is -2.09. The Balaban J connectivity index is 1.73. The van der Waals surface area contributed by atoms with Gasteiger partial charge in [-0.2, -0.15) is 0 Å². The third kappa shape index (κ3) is 7.78. The van der Waals surface area contributed by atoms with Gasteiger partial charge in [-0.05, 0) is 30.3 Å². The van der Waals surface area contributed by atoms with Gasteiger partial charge in [0.15, 0.2) is 6.61 Å². The molecule has 0 bridgehead atoms. The molecule has 0 unspecified atom stereocenters. The minimum Gasteiger partial charge on any atom is -0.492 e. The van der Waals surface area contributed by atoms with Crippen molar-refractivity contribution in [2.45, 2.75) is 0 Å². The zero-order chi connectivity index (χ0) is 19.7. The molecule has 0 saturated carbocycles. The average Bonchev–Trinajstić information content (AvgIpc) is 2.63. The third-order valence-electron chi connectivity index (χ3n) is 3.17. The van der Waals surface area contributed by atoms with Crippen molar-refractivity contribution in [2.24, 2.45) is 0 Å². The number of esters is 1. The van der Waals surface area contributed by atoms with Crippen LogP contribution in [0.5, 0.6) is 5.75 Å². The molecule has 144 valence electrons. The Morgan fingerprint density at radius 3 is 2.48 bits per heavy atom. The Labute approximate surface area is 157 Å². The number of carbonyl (C=O) groups excluding carboxylic acids is 2. The lowest BCUT2D eigenvalue weighted by atomic mass is 10.2. The van der Waals surface area contributed by atoms with E-state index < -0.39 is 28.5 Å². The lowest BCUT2D eigenvalue weighted by Crippen LogP contribution is -2.32. The van der Waals surface area contributed by atoms with Crippen molar-refractivity contribution in [2.75, 3.05) is 30.7 Å². The topological polar surface area (TPSA) is 111 Å². The largest absolute Gasteiger partial charge is 0.492 e. The minimum absolute atomic E-state index is 0.129. The maximum Gasteiger partial charge on any atom is 0.338 e. The molecule has 1 amide bonds. The highest BCUT2D eigenvalue weighted by molar-refractivity contribution is 7.92. The number of hydrogen-bond donors (Lipinski definition) is 2. The van der Waals surface area contributed by atoms with E-state index in [2.05, 4.69) is 10.0 Å². The van der Waals surface area contributed by atoms with E-state index in [4.69, 9.17) is 9.47 Å². The fourth-order valence-electron chi connectivity index (χ4n) is 2.07. The van der Waals surface area contributed by atoms with Gasteiger partial charge in [0, 0.05) is 5.69 Å². The van der Waals surface area contributed by atoms with Crippen LogP contribution in [0, 0.1) is 0 Å². The molecular formula is C18H20N2O6S.